The molecule has 0 bridgehead atoms. The highest BCUT2D eigenvalue weighted by molar-refractivity contribution is 5.97. The number of hydrogen-bond acceptors (Lipinski definition) is 4. The van der Waals surface area contributed by atoms with Crippen molar-refractivity contribution in [1.82, 2.24) is 5.32 Å². The van der Waals surface area contributed by atoms with Gasteiger partial charge < -0.3 is 19.2 Å². The van der Waals surface area contributed by atoms with E-state index in [2.05, 4.69) is 5.32 Å². The van der Waals surface area contributed by atoms with E-state index in [0.717, 1.165) is 5.39 Å². The highest BCUT2D eigenvalue weighted by Gasteiger charge is 2.17. The van der Waals surface area contributed by atoms with Crippen LogP contribution in [0.4, 0.5) is 4.39 Å². The first-order chi connectivity index (χ1) is 12.1. The average Bonchev–Trinajstić information content (AvgIpc) is 3.06. The summed E-state index contributed by atoms with van der Waals surface area (Å²) in [6, 6.07) is 13.2. The van der Waals surface area contributed by atoms with Crippen LogP contribution in [0.5, 0.6) is 5.75 Å². The molecule has 25 heavy (non-hydrogen) atoms. The number of carbonyl (C=O) groups excluding carboxylic acids is 1. The zero-order valence-corrected chi connectivity index (χ0v) is 13.9. The Bertz CT molecular complexity index is 890. The minimum absolute atomic E-state index is 0.175. The molecule has 1 aromatic heterocycles. The summed E-state index contributed by atoms with van der Waals surface area (Å²) in [6.45, 7) is 0.187. The van der Waals surface area contributed by atoms with Crippen LogP contribution in [-0.4, -0.2) is 26.7 Å². The number of furan rings is 1. The van der Waals surface area contributed by atoms with Crippen molar-refractivity contribution in [2.24, 2.45) is 0 Å². The highest BCUT2D eigenvalue weighted by Crippen LogP contribution is 2.28. The van der Waals surface area contributed by atoms with Crippen LogP contribution in [-0.2, 0) is 4.74 Å². The molecule has 0 spiro atoms. The number of amides is 1. The third-order valence-electron chi connectivity index (χ3n) is 3.90. The maximum Gasteiger partial charge on any atom is 0.287 e. The van der Waals surface area contributed by atoms with Gasteiger partial charge in [-0.1, -0.05) is 24.3 Å². The summed E-state index contributed by atoms with van der Waals surface area (Å²) in [5.41, 5.74) is 1.16. The first kappa shape index (κ1) is 17.0. The van der Waals surface area contributed by atoms with Gasteiger partial charge in [-0.15, -0.1) is 0 Å². The lowest BCUT2D eigenvalue weighted by atomic mass is 10.1. The van der Waals surface area contributed by atoms with Crippen molar-refractivity contribution in [1.29, 1.82) is 0 Å². The van der Waals surface area contributed by atoms with E-state index >= 15 is 0 Å². The van der Waals surface area contributed by atoms with E-state index < -0.39 is 6.10 Å². The van der Waals surface area contributed by atoms with Crippen LogP contribution in [0, 0.1) is 5.82 Å². The summed E-state index contributed by atoms with van der Waals surface area (Å²) in [6.07, 6.45) is -0.460. The summed E-state index contributed by atoms with van der Waals surface area (Å²) in [5, 5.41) is 3.52. The fourth-order valence-corrected chi connectivity index (χ4v) is 2.63. The third-order valence-corrected chi connectivity index (χ3v) is 3.90. The molecule has 3 aromatic rings. The van der Waals surface area contributed by atoms with Crippen molar-refractivity contribution in [3.63, 3.8) is 0 Å². The predicted octanol–water partition coefficient (Wildman–Crippen LogP) is 3.70. The zero-order chi connectivity index (χ0) is 17.8. The first-order valence-corrected chi connectivity index (χ1v) is 7.75. The monoisotopic (exact) mass is 343 g/mol. The Balaban J connectivity index is 1.73. The number of hydrogen-bond donors (Lipinski definition) is 1. The summed E-state index contributed by atoms with van der Waals surface area (Å²) in [5.74, 6) is 0.00614. The quantitative estimate of drug-likeness (QED) is 0.741. The second kappa shape index (κ2) is 7.36. The minimum atomic E-state index is -0.460. The van der Waals surface area contributed by atoms with Crippen LogP contribution in [0.2, 0.25) is 0 Å². The number of halogens is 1. The molecule has 0 saturated carbocycles. The van der Waals surface area contributed by atoms with Crippen LogP contribution >= 0.6 is 0 Å². The van der Waals surface area contributed by atoms with E-state index in [-0.39, 0.29) is 24.0 Å². The van der Waals surface area contributed by atoms with Gasteiger partial charge in [0.1, 0.15) is 5.82 Å². The summed E-state index contributed by atoms with van der Waals surface area (Å²) in [4.78, 5) is 12.4. The molecule has 0 aliphatic carbocycles. The van der Waals surface area contributed by atoms with E-state index in [0.29, 0.717) is 16.9 Å². The maximum atomic E-state index is 13.3. The van der Waals surface area contributed by atoms with Crippen molar-refractivity contribution in [3.05, 3.63) is 65.7 Å². The number of rotatable bonds is 6. The van der Waals surface area contributed by atoms with Crippen molar-refractivity contribution in [2.75, 3.05) is 20.8 Å². The SMILES string of the molecule is COc1cccc2cc(C(=O)NC[C@@H](OC)c3cccc(F)c3)oc12. The summed E-state index contributed by atoms with van der Waals surface area (Å²) in [7, 11) is 3.05. The summed E-state index contributed by atoms with van der Waals surface area (Å²) < 4.78 is 29.5. The zero-order valence-electron chi connectivity index (χ0n) is 13.9. The van der Waals surface area contributed by atoms with E-state index in [1.165, 1.54) is 19.2 Å². The molecule has 0 unspecified atom stereocenters. The summed E-state index contributed by atoms with van der Waals surface area (Å²) >= 11 is 0. The number of ether oxygens (including phenoxy) is 2. The van der Waals surface area contributed by atoms with E-state index in [1.54, 1.807) is 31.4 Å². The molecule has 2 aromatic carbocycles. The molecule has 0 radical (unpaired) electrons. The van der Waals surface area contributed by atoms with E-state index in [4.69, 9.17) is 13.9 Å². The Labute approximate surface area is 144 Å². The lowest BCUT2D eigenvalue weighted by molar-refractivity contribution is 0.0808. The first-order valence-electron chi connectivity index (χ1n) is 7.75. The van der Waals surface area contributed by atoms with Gasteiger partial charge in [-0.25, -0.2) is 4.39 Å². The average molecular weight is 343 g/mol. The molecule has 1 N–H and O–H groups in total. The largest absolute Gasteiger partial charge is 0.493 e. The molecule has 1 amide bonds. The van der Waals surface area contributed by atoms with E-state index in [9.17, 15) is 9.18 Å². The third kappa shape index (κ3) is 3.64. The molecule has 0 aliphatic rings. The van der Waals surface area contributed by atoms with Crippen LogP contribution in [0.3, 0.4) is 0 Å². The number of benzene rings is 2. The normalized spacial score (nSPS) is 12.1. The topological polar surface area (TPSA) is 60.7 Å². The van der Waals surface area contributed by atoms with Gasteiger partial charge in [0.05, 0.1) is 13.2 Å². The van der Waals surface area contributed by atoms with Gasteiger partial charge >= 0.3 is 0 Å². The highest BCUT2D eigenvalue weighted by atomic mass is 19.1. The Morgan fingerprint density at radius 3 is 2.72 bits per heavy atom. The van der Waals surface area contributed by atoms with Crippen LogP contribution in [0.25, 0.3) is 11.0 Å². The van der Waals surface area contributed by atoms with Crippen molar-refractivity contribution >= 4 is 16.9 Å². The smallest absolute Gasteiger partial charge is 0.287 e. The molecule has 0 aliphatic heterocycles. The lowest BCUT2D eigenvalue weighted by Crippen LogP contribution is -2.28. The number of carbonyl (C=O) groups is 1. The Hall–Kier alpha value is -2.86. The standard InChI is InChI=1S/C19H18FNO4/c1-23-15-8-4-6-13-10-16(25-18(13)15)19(22)21-11-17(24-2)12-5-3-7-14(20)9-12/h3-10,17H,11H2,1-2H3,(H,21,22)/t17-/m1/s1. The molecule has 0 fully saturated rings. The molecule has 5 nitrogen and oxygen atoms in total. The maximum absolute atomic E-state index is 13.3. The molecule has 1 heterocycles. The van der Waals surface area contributed by atoms with Crippen LogP contribution in [0.15, 0.2) is 52.9 Å². The van der Waals surface area contributed by atoms with Crippen molar-refractivity contribution in [3.8, 4) is 5.75 Å². The Morgan fingerprint density at radius 1 is 1.20 bits per heavy atom. The number of methoxy groups -OCH3 is 2. The molecule has 130 valence electrons. The van der Waals surface area contributed by atoms with Crippen molar-refractivity contribution in [2.45, 2.75) is 6.10 Å². The van der Waals surface area contributed by atoms with Gasteiger partial charge in [0.15, 0.2) is 17.1 Å². The van der Waals surface area contributed by atoms with E-state index in [1.807, 2.05) is 12.1 Å². The van der Waals surface area contributed by atoms with Crippen molar-refractivity contribution < 1.29 is 23.1 Å². The van der Waals surface area contributed by atoms with Gasteiger partial charge in [-0.3, -0.25) is 4.79 Å². The fourth-order valence-electron chi connectivity index (χ4n) is 2.63. The van der Waals surface area contributed by atoms with Crippen LogP contribution < -0.4 is 10.1 Å². The molecule has 1 atom stereocenters. The Kier molecular flexibility index (Phi) is 5.00. The fraction of sp³-hybridized carbons (Fsp3) is 0.211. The van der Waals surface area contributed by atoms with Gasteiger partial charge in [-0.2, -0.15) is 0 Å². The second-order valence-electron chi connectivity index (χ2n) is 5.48. The number of fused-ring (bicyclic) bond motifs is 1. The number of para-hydroxylation sites is 1. The number of nitrogens with one attached hydrogen (secondary N) is 1. The van der Waals surface area contributed by atoms with Crippen LogP contribution in [0.1, 0.15) is 22.2 Å². The lowest BCUT2D eigenvalue weighted by Gasteiger charge is -2.16. The van der Waals surface area contributed by atoms with Gasteiger partial charge in [0.2, 0.25) is 0 Å². The predicted molar refractivity (Wildman–Crippen MR) is 91.2 cm³/mol. The van der Waals surface area contributed by atoms with Gasteiger partial charge in [-0.05, 0) is 29.8 Å². The molecule has 6 heteroatoms. The Morgan fingerprint density at radius 2 is 2.00 bits per heavy atom. The second-order valence-corrected chi connectivity index (χ2v) is 5.48. The van der Waals surface area contributed by atoms with Gasteiger partial charge in [0, 0.05) is 19.0 Å². The van der Waals surface area contributed by atoms with Gasteiger partial charge in [0.25, 0.3) is 5.91 Å². The molecular formula is C19H18FNO4. The molecule has 3 rings (SSSR count). The molecule has 0 saturated heterocycles. The minimum Gasteiger partial charge on any atom is -0.493 e. The molecular weight excluding hydrogens is 325 g/mol.